The van der Waals surface area contributed by atoms with E-state index in [9.17, 15) is 19.5 Å². The maximum atomic E-state index is 12.3. The van der Waals surface area contributed by atoms with Gasteiger partial charge >= 0.3 is 11.9 Å². The Morgan fingerprint density at radius 3 is 2.96 bits per heavy atom. The summed E-state index contributed by atoms with van der Waals surface area (Å²) < 4.78 is 17.9. The van der Waals surface area contributed by atoms with E-state index in [2.05, 4.69) is 9.50 Å². The Morgan fingerprint density at radius 1 is 1.54 bits per heavy atom. The van der Waals surface area contributed by atoms with Crippen LogP contribution in [0.5, 0.6) is 0 Å². The number of nitrogens with one attached hydrogen (secondary N) is 1. The number of hydrogen-bond donors (Lipinski definition) is 3. The van der Waals surface area contributed by atoms with Crippen LogP contribution in [0.1, 0.15) is 32.1 Å². The largest absolute Gasteiger partial charge is 0.456 e. The van der Waals surface area contributed by atoms with Crippen molar-refractivity contribution >= 4 is 30.2 Å². The van der Waals surface area contributed by atoms with E-state index in [1.165, 1.54) is 0 Å². The van der Waals surface area contributed by atoms with E-state index in [1.807, 2.05) is 12.2 Å². The lowest BCUT2D eigenvalue weighted by Crippen LogP contribution is -2.74. The molecule has 8 nitrogen and oxygen atoms in total. The van der Waals surface area contributed by atoms with Crippen molar-refractivity contribution in [3.05, 3.63) is 12.2 Å². The summed E-state index contributed by atoms with van der Waals surface area (Å²) in [6.07, 6.45) is 4.57. The molecular formula is C15H19NO7S. The molecule has 0 aromatic rings. The molecule has 2 aliphatic heterocycles. The molecule has 2 heterocycles. The third-order valence-electron chi connectivity index (χ3n) is 5.01. The lowest BCUT2D eigenvalue weighted by Gasteiger charge is -2.47. The first-order chi connectivity index (χ1) is 11.5. The summed E-state index contributed by atoms with van der Waals surface area (Å²) in [4.78, 5) is 35.7. The third kappa shape index (κ3) is 2.70. The zero-order chi connectivity index (χ0) is 17.3. The van der Waals surface area contributed by atoms with Gasteiger partial charge in [-0.3, -0.25) is 14.1 Å². The van der Waals surface area contributed by atoms with Crippen LogP contribution in [0.25, 0.3) is 0 Å². The Bertz CT molecular complexity index is 580. The number of aliphatic hydroxyl groups is 1. The Hall–Kier alpha value is -1.58. The van der Waals surface area contributed by atoms with E-state index in [4.69, 9.17) is 9.29 Å². The molecule has 1 amide bonds. The number of amides is 1. The van der Waals surface area contributed by atoms with Crippen LogP contribution in [0, 0.1) is 11.8 Å². The zero-order valence-electron chi connectivity index (χ0n) is 12.8. The molecule has 5 atom stereocenters. The van der Waals surface area contributed by atoms with Gasteiger partial charge in [-0.1, -0.05) is 12.2 Å². The van der Waals surface area contributed by atoms with Crippen molar-refractivity contribution in [1.29, 1.82) is 0 Å². The Morgan fingerprint density at radius 2 is 2.33 bits per heavy atom. The minimum Gasteiger partial charge on any atom is -0.456 e. The number of carbonyl (C=O) groups excluding carboxylic acids is 3. The highest BCUT2D eigenvalue weighted by atomic mass is 32.2. The standard InChI is InChI=1S/C15H19NO7S/c17-10(23-24-21)7-6-9-12-15(14(20)22-12,16-13(9)19)11(18)8-4-2-1-3-5-8/h2,4,8-9,11-12,18,21H,1,3,5-7H2,(H,16,19)/t8-,9-,11+,12+,15-/m1/s1. The molecule has 0 aromatic heterocycles. The van der Waals surface area contributed by atoms with Crippen molar-refractivity contribution in [3.63, 3.8) is 0 Å². The third-order valence-corrected chi connectivity index (χ3v) is 5.27. The molecule has 1 aliphatic carbocycles. The molecule has 0 aromatic carbocycles. The average Bonchev–Trinajstić information content (AvgIpc) is 2.81. The minimum absolute atomic E-state index is 0.0514. The number of fused-ring (bicyclic) bond motifs is 1. The second-order valence-corrected chi connectivity index (χ2v) is 6.64. The van der Waals surface area contributed by atoms with Gasteiger partial charge in [0, 0.05) is 12.3 Å². The normalized spacial score (nSPS) is 35.5. The van der Waals surface area contributed by atoms with Crippen LogP contribution < -0.4 is 5.32 Å². The SMILES string of the molecule is O=C(CC[C@H]1C(=O)N[C@@]2([C@@H](O)[C@@H]3C=CCCC3)C(=O)O[C@@H]12)OSO. The average molecular weight is 357 g/mol. The first kappa shape index (κ1) is 17.2. The van der Waals surface area contributed by atoms with Crippen molar-refractivity contribution in [3.8, 4) is 0 Å². The van der Waals surface area contributed by atoms with Crippen LogP contribution >= 0.6 is 12.3 Å². The van der Waals surface area contributed by atoms with Crippen LogP contribution in [0.4, 0.5) is 0 Å². The van der Waals surface area contributed by atoms with Crippen LogP contribution in [0.15, 0.2) is 12.2 Å². The van der Waals surface area contributed by atoms with Gasteiger partial charge in [-0.05, 0) is 25.7 Å². The molecule has 2 fully saturated rings. The fourth-order valence-corrected chi connectivity index (χ4v) is 3.93. The summed E-state index contributed by atoms with van der Waals surface area (Å²) in [6.45, 7) is 0. The molecule has 3 N–H and O–H groups in total. The molecule has 132 valence electrons. The summed E-state index contributed by atoms with van der Waals surface area (Å²) in [5, 5.41) is 13.3. The quantitative estimate of drug-likeness (QED) is 0.358. The van der Waals surface area contributed by atoms with Gasteiger partial charge in [-0.15, -0.1) is 0 Å². The van der Waals surface area contributed by atoms with Gasteiger partial charge in [0.25, 0.3) is 0 Å². The Labute approximate surface area is 143 Å². The van der Waals surface area contributed by atoms with Gasteiger partial charge in [0.2, 0.25) is 23.8 Å². The van der Waals surface area contributed by atoms with E-state index in [0.717, 1.165) is 19.3 Å². The lowest BCUT2D eigenvalue weighted by molar-refractivity contribution is -0.207. The molecule has 0 radical (unpaired) electrons. The number of allylic oxidation sites excluding steroid dienone is 1. The first-order valence-electron chi connectivity index (χ1n) is 7.89. The van der Waals surface area contributed by atoms with Crippen molar-refractivity contribution in [2.75, 3.05) is 0 Å². The number of ether oxygens (including phenoxy) is 1. The van der Waals surface area contributed by atoms with E-state index in [1.54, 1.807) is 0 Å². The molecule has 2 saturated heterocycles. The molecular weight excluding hydrogens is 338 g/mol. The number of carbonyl (C=O) groups is 3. The van der Waals surface area contributed by atoms with E-state index in [0.29, 0.717) is 0 Å². The Balaban J connectivity index is 1.72. The first-order valence-corrected chi connectivity index (χ1v) is 8.59. The molecule has 3 rings (SSSR count). The summed E-state index contributed by atoms with van der Waals surface area (Å²) in [7, 11) is 0. The van der Waals surface area contributed by atoms with Crippen LogP contribution in [-0.2, 0) is 23.3 Å². The smallest absolute Gasteiger partial charge is 0.339 e. The predicted molar refractivity (Wildman–Crippen MR) is 82.3 cm³/mol. The molecule has 0 unspecified atom stereocenters. The van der Waals surface area contributed by atoms with E-state index >= 15 is 0 Å². The zero-order valence-corrected chi connectivity index (χ0v) is 13.7. The number of rotatable bonds is 6. The minimum atomic E-state index is -1.43. The fourth-order valence-electron chi connectivity index (χ4n) is 3.76. The van der Waals surface area contributed by atoms with Gasteiger partial charge in [0.1, 0.15) is 6.10 Å². The van der Waals surface area contributed by atoms with Gasteiger partial charge in [0.05, 0.1) is 12.0 Å². The van der Waals surface area contributed by atoms with Crippen molar-refractivity contribution in [1.82, 2.24) is 5.32 Å². The topological polar surface area (TPSA) is 122 Å². The van der Waals surface area contributed by atoms with E-state index in [-0.39, 0.29) is 31.1 Å². The molecule has 0 bridgehead atoms. The van der Waals surface area contributed by atoms with Crippen LogP contribution in [0.2, 0.25) is 0 Å². The molecule has 3 aliphatic rings. The fraction of sp³-hybridized carbons (Fsp3) is 0.667. The second kappa shape index (κ2) is 6.73. The Kier molecular flexibility index (Phi) is 4.84. The number of aliphatic hydroxyl groups excluding tert-OH is 1. The highest BCUT2D eigenvalue weighted by molar-refractivity contribution is 7.89. The highest BCUT2D eigenvalue weighted by Crippen LogP contribution is 2.45. The summed E-state index contributed by atoms with van der Waals surface area (Å²) >= 11 is -0.0514. The summed E-state index contributed by atoms with van der Waals surface area (Å²) in [5.41, 5.74) is -1.43. The lowest BCUT2D eigenvalue weighted by atomic mass is 9.72. The molecule has 24 heavy (non-hydrogen) atoms. The van der Waals surface area contributed by atoms with Gasteiger partial charge < -0.3 is 19.3 Å². The van der Waals surface area contributed by atoms with Crippen molar-refractivity contribution < 1.29 is 33.0 Å². The highest BCUT2D eigenvalue weighted by Gasteiger charge is 2.72. The van der Waals surface area contributed by atoms with Crippen LogP contribution in [0.3, 0.4) is 0 Å². The second-order valence-electron chi connectivity index (χ2n) is 6.33. The molecule has 0 spiro atoms. The van der Waals surface area contributed by atoms with Crippen LogP contribution in [-0.4, -0.2) is 45.3 Å². The van der Waals surface area contributed by atoms with Gasteiger partial charge in [-0.25, -0.2) is 4.79 Å². The number of esters is 1. The summed E-state index contributed by atoms with van der Waals surface area (Å²) in [6, 6.07) is 0. The monoisotopic (exact) mass is 357 g/mol. The predicted octanol–water partition coefficient (Wildman–Crippen LogP) is 0.558. The molecule has 0 saturated carbocycles. The maximum Gasteiger partial charge on any atom is 0.339 e. The molecule has 9 heteroatoms. The maximum absolute atomic E-state index is 12.3. The number of hydrogen-bond acceptors (Lipinski definition) is 8. The van der Waals surface area contributed by atoms with Crippen molar-refractivity contribution in [2.45, 2.75) is 49.9 Å². The van der Waals surface area contributed by atoms with Crippen molar-refractivity contribution in [2.24, 2.45) is 11.8 Å². The van der Waals surface area contributed by atoms with Gasteiger partial charge in [-0.2, -0.15) is 0 Å². The van der Waals surface area contributed by atoms with E-state index < -0.39 is 41.5 Å². The summed E-state index contributed by atoms with van der Waals surface area (Å²) in [5.74, 6) is -2.67. The van der Waals surface area contributed by atoms with Gasteiger partial charge in [0.15, 0.2) is 0 Å².